The molecule has 1 fully saturated rings. The molecule has 2 amide bonds. The minimum absolute atomic E-state index is 0.00233. The van der Waals surface area contributed by atoms with Crippen molar-refractivity contribution in [2.24, 2.45) is 0 Å². The molecule has 2 rings (SSSR count). The number of hydrogen-bond donors (Lipinski definition) is 2. The van der Waals surface area contributed by atoms with Crippen LogP contribution in [-0.4, -0.2) is 36.3 Å². The Morgan fingerprint density at radius 1 is 1.30 bits per heavy atom. The van der Waals surface area contributed by atoms with Crippen molar-refractivity contribution in [2.45, 2.75) is 25.7 Å². The number of amides is 2. The van der Waals surface area contributed by atoms with Crippen molar-refractivity contribution in [2.75, 3.05) is 25.4 Å². The Bertz CT molecular complexity index is 471. The molecular formula is C15H21N3O2. The maximum absolute atomic E-state index is 11.7. The fourth-order valence-electron chi connectivity index (χ4n) is 2.32. The van der Waals surface area contributed by atoms with E-state index in [1.165, 1.54) is 0 Å². The summed E-state index contributed by atoms with van der Waals surface area (Å²) in [7, 11) is 0. The number of rotatable bonds is 6. The summed E-state index contributed by atoms with van der Waals surface area (Å²) in [4.78, 5) is 25.0. The minimum Gasteiger partial charge on any atom is -0.399 e. The Morgan fingerprint density at radius 2 is 2.05 bits per heavy atom. The highest BCUT2D eigenvalue weighted by molar-refractivity contribution is 5.79. The second-order valence-electron chi connectivity index (χ2n) is 5.11. The molecule has 1 saturated heterocycles. The van der Waals surface area contributed by atoms with Crippen molar-refractivity contribution in [1.82, 2.24) is 10.2 Å². The van der Waals surface area contributed by atoms with Crippen LogP contribution in [0.25, 0.3) is 0 Å². The van der Waals surface area contributed by atoms with Crippen LogP contribution in [0, 0.1) is 0 Å². The molecular weight excluding hydrogens is 254 g/mol. The van der Waals surface area contributed by atoms with Crippen LogP contribution < -0.4 is 11.1 Å². The average molecular weight is 275 g/mol. The van der Waals surface area contributed by atoms with Gasteiger partial charge >= 0.3 is 0 Å². The van der Waals surface area contributed by atoms with E-state index in [1.807, 2.05) is 17.0 Å². The van der Waals surface area contributed by atoms with Gasteiger partial charge in [0.15, 0.2) is 0 Å². The summed E-state index contributed by atoms with van der Waals surface area (Å²) in [6, 6.07) is 7.30. The van der Waals surface area contributed by atoms with Gasteiger partial charge in [-0.25, -0.2) is 0 Å². The van der Waals surface area contributed by atoms with Crippen molar-refractivity contribution in [3.8, 4) is 0 Å². The lowest BCUT2D eigenvalue weighted by atomic mass is 10.1. The van der Waals surface area contributed by atoms with Gasteiger partial charge in [0.2, 0.25) is 11.8 Å². The fourth-order valence-corrected chi connectivity index (χ4v) is 2.32. The zero-order chi connectivity index (χ0) is 14.4. The highest BCUT2D eigenvalue weighted by Gasteiger charge is 2.18. The van der Waals surface area contributed by atoms with Gasteiger partial charge in [-0.1, -0.05) is 12.1 Å². The first kappa shape index (κ1) is 14.4. The molecule has 0 spiro atoms. The number of carbonyl (C=O) groups excluding carboxylic acids is 2. The number of nitrogens with zero attached hydrogens (tertiary/aromatic N) is 1. The van der Waals surface area contributed by atoms with Gasteiger partial charge in [-0.3, -0.25) is 9.59 Å². The lowest BCUT2D eigenvalue weighted by Crippen LogP contribution is -2.31. The molecule has 0 radical (unpaired) electrons. The molecule has 0 bridgehead atoms. The summed E-state index contributed by atoms with van der Waals surface area (Å²) >= 11 is 0. The summed E-state index contributed by atoms with van der Waals surface area (Å²) < 4.78 is 0. The van der Waals surface area contributed by atoms with Gasteiger partial charge in [0.05, 0.1) is 6.42 Å². The zero-order valence-corrected chi connectivity index (χ0v) is 11.6. The smallest absolute Gasteiger partial charge is 0.224 e. The number of likely N-dealkylation sites (tertiary alicyclic amines) is 1. The molecule has 5 heteroatoms. The molecule has 1 aliphatic heterocycles. The Labute approximate surface area is 119 Å². The van der Waals surface area contributed by atoms with Crippen molar-refractivity contribution in [3.63, 3.8) is 0 Å². The molecule has 1 aromatic carbocycles. The number of anilines is 1. The van der Waals surface area contributed by atoms with E-state index < -0.39 is 0 Å². The second-order valence-corrected chi connectivity index (χ2v) is 5.11. The SMILES string of the molecule is Nc1ccc(CC(=O)NCCCN2CCCC2=O)cc1. The summed E-state index contributed by atoms with van der Waals surface area (Å²) in [5.74, 6) is 0.237. The molecule has 20 heavy (non-hydrogen) atoms. The first-order chi connectivity index (χ1) is 9.65. The number of nitrogens with two attached hydrogens (primary N) is 1. The van der Waals surface area contributed by atoms with Gasteiger partial charge < -0.3 is 16.0 Å². The number of hydrogen-bond acceptors (Lipinski definition) is 3. The summed E-state index contributed by atoms with van der Waals surface area (Å²) in [6.45, 7) is 2.21. The predicted molar refractivity (Wildman–Crippen MR) is 78.0 cm³/mol. The topological polar surface area (TPSA) is 75.4 Å². The van der Waals surface area contributed by atoms with E-state index in [0.717, 1.165) is 31.5 Å². The van der Waals surface area contributed by atoms with Crippen LogP contribution in [0.3, 0.4) is 0 Å². The van der Waals surface area contributed by atoms with Crippen LogP contribution in [0.5, 0.6) is 0 Å². The van der Waals surface area contributed by atoms with E-state index in [4.69, 9.17) is 5.73 Å². The van der Waals surface area contributed by atoms with E-state index in [2.05, 4.69) is 5.32 Å². The van der Waals surface area contributed by atoms with Crippen LogP contribution in [0.15, 0.2) is 24.3 Å². The van der Waals surface area contributed by atoms with Crippen LogP contribution in [-0.2, 0) is 16.0 Å². The van der Waals surface area contributed by atoms with Crippen molar-refractivity contribution in [3.05, 3.63) is 29.8 Å². The highest BCUT2D eigenvalue weighted by Crippen LogP contribution is 2.09. The molecule has 0 atom stereocenters. The van der Waals surface area contributed by atoms with Crippen molar-refractivity contribution < 1.29 is 9.59 Å². The number of nitrogen functional groups attached to an aromatic ring is 1. The summed E-state index contributed by atoms with van der Waals surface area (Å²) in [6.07, 6.45) is 2.80. The molecule has 5 nitrogen and oxygen atoms in total. The Balaban J connectivity index is 1.62. The molecule has 0 aliphatic carbocycles. The van der Waals surface area contributed by atoms with Crippen LogP contribution >= 0.6 is 0 Å². The minimum atomic E-state index is 0.00233. The first-order valence-electron chi connectivity index (χ1n) is 7.04. The molecule has 1 aliphatic rings. The summed E-state index contributed by atoms with van der Waals surface area (Å²) in [5.41, 5.74) is 7.24. The van der Waals surface area contributed by atoms with E-state index in [9.17, 15) is 9.59 Å². The third kappa shape index (κ3) is 4.26. The van der Waals surface area contributed by atoms with E-state index >= 15 is 0 Å². The standard InChI is InChI=1S/C15H21N3O2/c16-13-6-4-12(5-7-13)11-14(19)17-8-2-10-18-9-1-3-15(18)20/h4-7H,1-3,8-11,16H2,(H,17,19). The zero-order valence-electron chi connectivity index (χ0n) is 11.6. The van der Waals surface area contributed by atoms with Crippen molar-refractivity contribution in [1.29, 1.82) is 0 Å². The second kappa shape index (κ2) is 6.93. The average Bonchev–Trinajstić information content (AvgIpc) is 2.83. The lowest BCUT2D eigenvalue weighted by molar-refractivity contribution is -0.127. The fraction of sp³-hybridized carbons (Fsp3) is 0.467. The van der Waals surface area contributed by atoms with Crippen LogP contribution in [0.1, 0.15) is 24.8 Å². The largest absolute Gasteiger partial charge is 0.399 e. The van der Waals surface area contributed by atoms with Crippen molar-refractivity contribution >= 4 is 17.5 Å². The quantitative estimate of drug-likeness (QED) is 0.599. The monoisotopic (exact) mass is 275 g/mol. The van der Waals surface area contributed by atoms with Gasteiger partial charge in [-0.2, -0.15) is 0 Å². The maximum Gasteiger partial charge on any atom is 0.224 e. The predicted octanol–water partition coefficient (Wildman–Crippen LogP) is 0.940. The number of carbonyl (C=O) groups is 2. The molecule has 1 aromatic rings. The Kier molecular flexibility index (Phi) is 4.98. The highest BCUT2D eigenvalue weighted by atomic mass is 16.2. The van der Waals surface area contributed by atoms with Gasteiger partial charge in [0.1, 0.15) is 0 Å². The lowest BCUT2D eigenvalue weighted by Gasteiger charge is -2.15. The third-order valence-corrected chi connectivity index (χ3v) is 3.44. The molecule has 1 heterocycles. The van der Waals surface area contributed by atoms with E-state index in [1.54, 1.807) is 12.1 Å². The Morgan fingerprint density at radius 3 is 2.70 bits per heavy atom. The normalized spacial score (nSPS) is 14.6. The van der Waals surface area contributed by atoms with Crippen LogP contribution in [0.2, 0.25) is 0 Å². The molecule has 0 unspecified atom stereocenters. The first-order valence-corrected chi connectivity index (χ1v) is 7.04. The van der Waals surface area contributed by atoms with E-state index in [0.29, 0.717) is 25.1 Å². The Hall–Kier alpha value is -2.04. The van der Waals surface area contributed by atoms with Gasteiger partial charge in [0, 0.05) is 31.7 Å². The number of benzene rings is 1. The van der Waals surface area contributed by atoms with Gasteiger partial charge in [-0.15, -0.1) is 0 Å². The number of nitrogens with one attached hydrogen (secondary N) is 1. The van der Waals surface area contributed by atoms with Gasteiger partial charge in [0.25, 0.3) is 0 Å². The third-order valence-electron chi connectivity index (χ3n) is 3.44. The van der Waals surface area contributed by atoms with Crippen LogP contribution in [0.4, 0.5) is 5.69 Å². The van der Waals surface area contributed by atoms with Gasteiger partial charge in [-0.05, 0) is 30.5 Å². The molecule has 0 saturated carbocycles. The molecule has 3 N–H and O–H groups in total. The van der Waals surface area contributed by atoms with E-state index in [-0.39, 0.29) is 11.8 Å². The molecule has 108 valence electrons. The molecule has 0 aromatic heterocycles. The maximum atomic E-state index is 11.7. The summed E-state index contributed by atoms with van der Waals surface area (Å²) in [5, 5.41) is 2.88.